The van der Waals surface area contributed by atoms with Crippen molar-refractivity contribution < 1.29 is 18.3 Å². The van der Waals surface area contributed by atoms with Crippen molar-refractivity contribution >= 4 is 11.0 Å². The minimum Gasteiger partial charge on any atom is -0.457 e. The Morgan fingerprint density at radius 1 is 1.09 bits per heavy atom. The van der Waals surface area contributed by atoms with Gasteiger partial charge in [0.15, 0.2) is 0 Å². The smallest absolute Gasteiger partial charge is 0.200 e. The van der Waals surface area contributed by atoms with Gasteiger partial charge in [0, 0.05) is 0 Å². The van der Waals surface area contributed by atoms with Crippen LogP contribution in [0.4, 0.5) is 8.78 Å². The van der Waals surface area contributed by atoms with Gasteiger partial charge >= 0.3 is 0 Å². The first-order chi connectivity index (χ1) is 10.5. The molecule has 0 saturated carbocycles. The van der Waals surface area contributed by atoms with Gasteiger partial charge in [-0.05, 0) is 42.8 Å². The predicted octanol–water partition coefficient (Wildman–Crippen LogP) is 3.79. The van der Waals surface area contributed by atoms with Gasteiger partial charge in [-0.15, -0.1) is 0 Å². The van der Waals surface area contributed by atoms with Crippen LogP contribution >= 0.6 is 0 Å². The van der Waals surface area contributed by atoms with Crippen molar-refractivity contribution in [2.75, 3.05) is 0 Å². The van der Waals surface area contributed by atoms with Gasteiger partial charge in [-0.3, -0.25) is 4.79 Å². The summed E-state index contributed by atoms with van der Waals surface area (Å²) in [7, 11) is 0. The fourth-order valence-electron chi connectivity index (χ4n) is 2.40. The predicted molar refractivity (Wildman–Crippen MR) is 78.5 cm³/mol. The van der Waals surface area contributed by atoms with Crippen molar-refractivity contribution in [3.05, 3.63) is 70.1 Å². The molecular formula is C17H12F2O3. The monoisotopic (exact) mass is 302 g/mol. The van der Waals surface area contributed by atoms with Crippen LogP contribution in [0.1, 0.15) is 18.8 Å². The Morgan fingerprint density at radius 3 is 2.50 bits per heavy atom. The number of hydrogen-bond acceptors (Lipinski definition) is 3. The molecule has 1 N–H and O–H groups in total. The van der Waals surface area contributed by atoms with Gasteiger partial charge in [0.2, 0.25) is 5.43 Å². The number of hydrogen-bond donors (Lipinski definition) is 1. The summed E-state index contributed by atoms with van der Waals surface area (Å²) in [6, 6.07) is 8.96. The topological polar surface area (TPSA) is 50.4 Å². The van der Waals surface area contributed by atoms with Crippen molar-refractivity contribution in [3.8, 4) is 11.1 Å². The average molecular weight is 302 g/mol. The zero-order valence-corrected chi connectivity index (χ0v) is 11.6. The minimum atomic E-state index is -1.07. The van der Waals surface area contributed by atoms with Crippen molar-refractivity contribution in [2.45, 2.75) is 13.0 Å². The molecule has 2 aromatic carbocycles. The van der Waals surface area contributed by atoms with Crippen LogP contribution in [0.3, 0.4) is 0 Å². The van der Waals surface area contributed by atoms with E-state index in [0.717, 1.165) is 6.07 Å². The molecule has 112 valence electrons. The highest BCUT2D eigenvalue weighted by Crippen LogP contribution is 2.29. The summed E-state index contributed by atoms with van der Waals surface area (Å²) in [5.74, 6) is -1.07. The Balaban J connectivity index is 2.43. The summed E-state index contributed by atoms with van der Waals surface area (Å²) in [6.07, 6.45) is -1.07. The SMILES string of the molecule is C[C@@H](O)c1oc2ccc(F)cc2c(=O)c1-c1cccc(F)c1. The molecule has 3 aromatic rings. The minimum absolute atomic E-state index is 0.0229. The maximum Gasteiger partial charge on any atom is 0.200 e. The standard InChI is InChI=1S/C17H12F2O3/c1-9(20)17-15(10-3-2-4-11(18)7-10)16(21)13-8-12(19)5-6-14(13)22-17/h2-9,20H,1H3/t9-/m1/s1. The molecule has 0 unspecified atom stereocenters. The third-order valence-electron chi connectivity index (χ3n) is 3.37. The molecule has 0 spiro atoms. The van der Waals surface area contributed by atoms with Gasteiger partial charge < -0.3 is 9.52 Å². The lowest BCUT2D eigenvalue weighted by Crippen LogP contribution is -2.11. The molecule has 0 saturated heterocycles. The van der Waals surface area contributed by atoms with Crippen molar-refractivity contribution in [3.63, 3.8) is 0 Å². The van der Waals surface area contributed by atoms with E-state index >= 15 is 0 Å². The number of rotatable bonds is 2. The maximum absolute atomic E-state index is 13.4. The second-order valence-corrected chi connectivity index (χ2v) is 5.00. The quantitative estimate of drug-likeness (QED) is 0.783. The number of aliphatic hydroxyl groups is 1. The number of aliphatic hydroxyl groups excluding tert-OH is 1. The van der Waals surface area contributed by atoms with E-state index in [1.54, 1.807) is 0 Å². The Labute approximate surface area is 124 Å². The van der Waals surface area contributed by atoms with Crippen LogP contribution in [0.25, 0.3) is 22.1 Å². The van der Waals surface area contributed by atoms with Crippen molar-refractivity contribution in [1.82, 2.24) is 0 Å². The molecule has 0 amide bonds. The molecule has 0 fully saturated rings. The second-order valence-electron chi connectivity index (χ2n) is 5.00. The van der Waals surface area contributed by atoms with Gasteiger partial charge in [0.1, 0.15) is 29.1 Å². The molecule has 0 aliphatic rings. The highest BCUT2D eigenvalue weighted by molar-refractivity contribution is 5.83. The van der Waals surface area contributed by atoms with E-state index in [4.69, 9.17) is 4.42 Å². The largest absolute Gasteiger partial charge is 0.457 e. The highest BCUT2D eigenvalue weighted by Gasteiger charge is 2.20. The summed E-state index contributed by atoms with van der Waals surface area (Å²) in [4.78, 5) is 12.7. The molecular weight excluding hydrogens is 290 g/mol. The molecule has 3 nitrogen and oxygen atoms in total. The molecule has 0 aliphatic carbocycles. The van der Waals surface area contributed by atoms with E-state index in [1.807, 2.05) is 0 Å². The van der Waals surface area contributed by atoms with Crippen molar-refractivity contribution in [1.29, 1.82) is 0 Å². The van der Waals surface area contributed by atoms with E-state index in [-0.39, 0.29) is 27.9 Å². The van der Waals surface area contributed by atoms with Crippen LogP contribution in [-0.4, -0.2) is 5.11 Å². The Morgan fingerprint density at radius 2 is 1.82 bits per heavy atom. The second kappa shape index (κ2) is 5.35. The van der Waals surface area contributed by atoms with Crippen LogP contribution in [-0.2, 0) is 0 Å². The summed E-state index contributed by atoms with van der Waals surface area (Å²) >= 11 is 0. The third-order valence-corrected chi connectivity index (χ3v) is 3.37. The van der Waals surface area contributed by atoms with Gasteiger partial charge in [-0.25, -0.2) is 8.78 Å². The van der Waals surface area contributed by atoms with Gasteiger partial charge in [-0.2, -0.15) is 0 Å². The first-order valence-electron chi connectivity index (χ1n) is 6.67. The molecule has 0 bridgehead atoms. The average Bonchev–Trinajstić information content (AvgIpc) is 2.47. The van der Waals surface area contributed by atoms with E-state index in [0.29, 0.717) is 0 Å². The first-order valence-corrected chi connectivity index (χ1v) is 6.67. The highest BCUT2D eigenvalue weighted by atomic mass is 19.1. The zero-order chi connectivity index (χ0) is 15.9. The zero-order valence-electron chi connectivity index (χ0n) is 11.6. The summed E-state index contributed by atoms with van der Waals surface area (Å²) in [5.41, 5.74) is -0.0342. The third kappa shape index (κ3) is 2.40. The first kappa shape index (κ1) is 14.4. The number of halogens is 2. The lowest BCUT2D eigenvalue weighted by Gasteiger charge is -2.12. The molecule has 1 atom stereocenters. The fraction of sp³-hybridized carbons (Fsp3) is 0.118. The van der Waals surface area contributed by atoms with Gasteiger partial charge in [0.05, 0.1) is 10.9 Å². The van der Waals surface area contributed by atoms with E-state index in [1.165, 1.54) is 43.3 Å². The summed E-state index contributed by atoms with van der Waals surface area (Å²) in [5, 5.41) is 9.92. The van der Waals surface area contributed by atoms with E-state index in [2.05, 4.69) is 0 Å². The number of benzene rings is 2. The molecule has 1 aromatic heterocycles. The van der Waals surface area contributed by atoms with Crippen LogP contribution < -0.4 is 5.43 Å². The molecule has 0 radical (unpaired) electrons. The summed E-state index contributed by atoms with van der Waals surface area (Å²) < 4.78 is 32.4. The Hall–Kier alpha value is -2.53. The molecule has 0 aliphatic heterocycles. The van der Waals surface area contributed by atoms with Gasteiger partial charge in [-0.1, -0.05) is 12.1 Å². The molecule has 1 heterocycles. The maximum atomic E-state index is 13.4. The van der Waals surface area contributed by atoms with Crippen molar-refractivity contribution in [2.24, 2.45) is 0 Å². The van der Waals surface area contributed by atoms with E-state index < -0.39 is 23.2 Å². The lowest BCUT2D eigenvalue weighted by molar-refractivity contribution is 0.171. The van der Waals surface area contributed by atoms with E-state index in [9.17, 15) is 18.7 Å². The lowest BCUT2D eigenvalue weighted by atomic mass is 10.00. The summed E-state index contributed by atoms with van der Waals surface area (Å²) in [6.45, 7) is 1.44. The normalized spacial score (nSPS) is 12.5. The Kier molecular flexibility index (Phi) is 3.50. The van der Waals surface area contributed by atoms with Crippen LogP contribution in [0.15, 0.2) is 51.7 Å². The van der Waals surface area contributed by atoms with Crippen LogP contribution in [0.5, 0.6) is 0 Å². The molecule has 5 heteroatoms. The number of fused-ring (bicyclic) bond motifs is 1. The molecule has 22 heavy (non-hydrogen) atoms. The van der Waals surface area contributed by atoms with Crippen LogP contribution in [0.2, 0.25) is 0 Å². The Bertz CT molecular complexity index is 913. The fourth-order valence-corrected chi connectivity index (χ4v) is 2.40. The van der Waals surface area contributed by atoms with Gasteiger partial charge in [0.25, 0.3) is 0 Å². The van der Waals surface area contributed by atoms with Crippen LogP contribution in [0, 0.1) is 11.6 Å². The molecule has 3 rings (SSSR count).